The smallest absolute Gasteiger partial charge is 0.120 e. The highest BCUT2D eigenvalue weighted by Gasteiger charge is 2.00. The van der Waals surface area contributed by atoms with Crippen LogP contribution in [-0.2, 0) is 6.54 Å². The van der Waals surface area contributed by atoms with Crippen LogP contribution in [0.2, 0.25) is 0 Å². The van der Waals surface area contributed by atoms with Gasteiger partial charge in [0.15, 0.2) is 0 Å². The summed E-state index contributed by atoms with van der Waals surface area (Å²) in [4.78, 5) is 5.38. The number of thiazole rings is 1. The predicted molar refractivity (Wildman–Crippen MR) is 67.0 cm³/mol. The molecule has 0 saturated carbocycles. The molecule has 1 aromatic heterocycles. The molecule has 1 aromatic carbocycles. The van der Waals surface area contributed by atoms with Gasteiger partial charge in [0.05, 0.1) is 11.6 Å². The molecule has 2 aromatic rings. The number of hydrogen-bond acceptors (Lipinski definition) is 4. The molecule has 0 spiro atoms. The molecule has 0 saturated heterocycles. The molecule has 0 radical (unpaired) electrons. The number of aryl methyl sites for hydroxylation is 2. The van der Waals surface area contributed by atoms with Gasteiger partial charge in [-0.1, -0.05) is 6.07 Å². The van der Waals surface area contributed by atoms with E-state index in [1.54, 1.807) is 17.4 Å². The largest absolute Gasteiger partial charge is 0.508 e. The second-order valence-corrected chi connectivity index (χ2v) is 5.02. The van der Waals surface area contributed by atoms with Crippen molar-refractivity contribution < 1.29 is 5.11 Å². The number of phenolic OH excluding ortho intramolecular Hbond substituents is 1. The van der Waals surface area contributed by atoms with Gasteiger partial charge < -0.3 is 10.4 Å². The molecule has 0 aliphatic heterocycles. The third-order valence-corrected chi connectivity index (χ3v) is 3.26. The molecular formula is C12H14N2OS. The Bertz CT molecular complexity index is 494. The maximum Gasteiger partial charge on any atom is 0.120 e. The molecule has 0 aliphatic carbocycles. The molecule has 0 fully saturated rings. The number of hydrogen-bond donors (Lipinski definition) is 2. The van der Waals surface area contributed by atoms with E-state index in [1.807, 2.05) is 32.2 Å². The normalized spacial score (nSPS) is 10.4. The molecule has 0 aliphatic rings. The van der Waals surface area contributed by atoms with Crippen LogP contribution in [0.4, 0.5) is 5.69 Å². The lowest BCUT2D eigenvalue weighted by Gasteiger charge is -2.06. The Kier molecular flexibility index (Phi) is 3.10. The second kappa shape index (κ2) is 4.53. The van der Waals surface area contributed by atoms with Gasteiger partial charge in [0.1, 0.15) is 5.75 Å². The van der Waals surface area contributed by atoms with Crippen LogP contribution in [0.3, 0.4) is 0 Å². The molecule has 16 heavy (non-hydrogen) atoms. The lowest BCUT2D eigenvalue weighted by atomic mass is 10.2. The van der Waals surface area contributed by atoms with Crippen molar-refractivity contribution >= 4 is 17.0 Å². The average Bonchev–Trinajstić information content (AvgIpc) is 2.66. The number of nitrogens with zero attached hydrogens (tertiary/aromatic N) is 1. The third-order valence-electron chi connectivity index (χ3n) is 2.35. The minimum absolute atomic E-state index is 0.325. The summed E-state index contributed by atoms with van der Waals surface area (Å²) in [5.41, 5.74) is 1.81. The highest BCUT2D eigenvalue weighted by Crippen LogP contribution is 2.21. The summed E-state index contributed by atoms with van der Waals surface area (Å²) >= 11 is 1.68. The van der Waals surface area contributed by atoms with E-state index < -0.39 is 0 Å². The first-order valence-electron chi connectivity index (χ1n) is 5.10. The van der Waals surface area contributed by atoms with Gasteiger partial charge in [-0.15, -0.1) is 11.3 Å². The summed E-state index contributed by atoms with van der Waals surface area (Å²) in [6.07, 6.45) is 1.88. The molecule has 0 unspecified atom stereocenters. The van der Waals surface area contributed by atoms with E-state index in [9.17, 15) is 5.11 Å². The molecule has 2 rings (SSSR count). The summed E-state index contributed by atoms with van der Waals surface area (Å²) in [6.45, 7) is 4.62. The minimum atomic E-state index is 0.325. The molecule has 84 valence electrons. The highest BCUT2D eigenvalue weighted by molar-refractivity contribution is 7.11. The van der Waals surface area contributed by atoms with E-state index in [4.69, 9.17) is 0 Å². The molecular weight excluding hydrogens is 220 g/mol. The van der Waals surface area contributed by atoms with E-state index >= 15 is 0 Å². The van der Waals surface area contributed by atoms with Gasteiger partial charge in [0.25, 0.3) is 0 Å². The summed E-state index contributed by atoms with van der Waals surface area (Å²) < 4.78 is 0. The van der Waals surface area contributed by atoms with Crippen molar-refractivity contribution in [3.8, 4) is 5.75 Å². The zero-order chi connectivity index (χ0) is 11.5. The number of rotatable bonds is 3. The van der Waals surface area contributed by atoms with Gasteiger partial charge in [-0.05, 0) is 25.5 Å². The summed E-state index contributed by atoms with van der Waals surface area (Å²) in [5, 5.41) is 13.9. The highest BCUT2D eigenvalue weighted by atomic mass is 32.1. The van der Waals surface area contributed by atoms with Crippen molar-refractivity contribution in [2.45, 2.75) is 20.4 Å². The average molecular weight is 234 g/mol. The zero-order valence-corrected chi connectivity index (χ0v) is 10.1. The van der Waals surface area contributed by atoms with Crippen LogP contribution >= 0.6 is 11.3 Å². The van der Waals surface area contributed by atoms with Crippen LogP contribution in [0.25, 0.3) is 0 Å². The van der Waals surface area contributed by atoms with Crippen molar-refractivity contribution in [3.63, 3.8) is 0 Å². The van der Waals surface area contributed by atoms with Crippen LogP contribution in [0, 0.1) is 13.8 Å². The summed E-state index contributed by atoms with van der Waals surface area (Å²) in [7, 11) is 0. The summed E-state index contributed by atoms with van der Waals surface area (Å²) in [6, 6.07) is 5.60. The Hall–Kier alpha value is -1.55. The first kappa shape index (κ1) is 11.0. The van der Waals surface area contributed by atoms with E-state index in [-0.39, 0.29) is 0 Å². The van der Waals surface area contributed by atoms with Gasteiger partial charge in [-0.25, -0.2) is 4.98 Å². The fraction of sp³-hybridized carbons (Fsp3) is 0.250. The molecule has 0 atom stereocenters. The number of phenols is 1. The van der Waals surface area contributed by atoms with Gasteiger partial charge in [-0.3, -0.25) is 0 Å². The fourth-order valence-corrected chi connectivity index (χ4v) is 2.13. The molecule has 4 heteroatoms. The lowest BCUT2D eigenvalue weighted by Crippen LogP contribution is -1.97. The van der Waals surface area contributed by atoms with Gasteiger partial charge >= 0.3 is 0 Å². The Labute approximate surface area is 98.8 Å². The van der Waals surface area contributed by atoms with Crippen molar-refractivity contribution in [1.29, 1.82) is 0 Å². The standard InChI is InChI=1S/C12H14N2OS/c1-8-3-4-10(5-12(8)15)14-7-11-6-13-9(2)16-11/h3-6,14-15H,7H2,1-2H3. The first-order chi connectivity index (χ1) is 7.65. The number of aromatic hydroxyl groups is 1. The number of nitrogens with one attached hydrogen (secondary N) is 1. The zero-order valence-electron chi connectivity index (χ0n) is 9.32. The topological polar surface area (TPSA) is 45.2 Å². The lowest BCUT2D eigenvalue weighted by molar-refractivity contribution is 0.471. The van der Waals surface area contributed by atoms with Crippen molar-refractivity contribution in [2.24, 2.45) is 0 Å². The molecule has 1 heterocycles. The fourth-order valence-electron chi connectivity index (χ4n) is 1.40. The van der Waals surface area contributed by atoms with Crippen molar-refractivity contribution in [2.75, 3.05) is 5.32 Å². The summed E-state index contributed by atoms with van der Waals surface area (Å²) in [5.74, 6) is 0.325. The Morgan fingerprint density at radius 2 is 2.19 bits per heavy atom. The van der Waals surface area contributed by atoms with Crippen LogP contribution in [0.5, 0.6) is 5.75 Å². The predicted octanol–water partition coefficient (Wildman–Crippen LogP) is 3.08. The van der Waals surface area contributed by atoms with Crippen LogP contribution in [0.15, 0.2) is 24.4 Å². The maximum absolute atomic E-state index is 9.55. The van der Waals surface area contributed by atoms with Crippen LogP contribution in [-0.4, -0.2) is 10.1 Å². The molecule has 0 amide bonds. The second-order valence-electron chi connectivity index (χ2n) is 3.70. The Morgan fingerprint density at radius 1 is 1.38 bits per heavy atom. The SMILES string of the molecule is Cc1ncc(CNc2ccc(C)c(O)c2)s1. The Balaban J connectivity index is 2.02. The van der Waals surface area contributed by atoms with Gasteiger partial charge in [0, 0.05) is 22.8 Å². The van der Waals surface area contributed by atoms with E-state index in [2.05, 4.69) is 10.3 Å². The monoisotopic (exact) mass is 234 g/mol. The van der Waals surface area contributed by atoms with E-state index in [0.717, 1.165) is 22.8 Å². The number of benzene rings is 1. The molecule has 3 nitrogen and oxygen atoms in total. The quantitative estimate of drug-likeness (QED) is 0.857. The molecule has 0 bridgehead atoms. The maximum atomic E-state index is 9.55. The first-order valence-corrected chi connectivity index (χ1v) is 5.91. The van der Waals surface area contributed by atoms with Crippen LogP contribution < -0.4 is 5.32 Å². The van der Waals surface area contributed by atoms with Crippen LogP contribution in [0.1, 0.15) is 15.4 Å². The van der Waals surface area contributed by atoms with Crippen molar-refractivity contribution in [1.82, 2.24) is 4.98 Å². The number of anilines is 1. The molecule has 2 N–H and O–H groups in total. The Morgan fingerprint density at radius 3 is 2.81 bits per heavy atom. The minimum Gasteiger partial charge on any atom is -0.508 e. The van der Waals surface area contributed by atoms with Gasteiger partial charge in [-0.2, -0.15) is 0 Å². The van der Waals surface area contributed by atoms with Crippen molar-refractivity contribution in [3.05, 3.63) is 39.8 Å². The third kappa shape index (κ3) is 2.52. The number of aromatic nitrogens is 1. The van der Waals surface area contributed by atoms with E-state index in [0.29, 0.717) is 5.75 Å². The van der Waals surface area contributed by atoms with E-state index in [1.165, 1.54) is 4.88 Å². The van der Waals surface area contributed by atoms with Gasteiger partial charge in [0.2, 0.25) is 0 Å².